The van der Waals surface area contributed by atoms with Gasteiger partial charge in [-0.2, -0.15) is 0 Å². The van der Waals surface area contributed by atoms with E-state index in [1.165, 1.54) is 18.5 Å². The lowest BCUT2D eigenvalue weighted by molar-refractivity contribution is -0.131. The number of carbonyl (C=O) groups excluding carboxylic acids is 1. The third-order valence-corrected chi connectivity index (χ3v) is 2.49. The van der Waals surface area contributed by atoms with Crippen LogP contribution in [0.3, 0.4) is 0 Å². The molecule has 3 N–H and O–H groups in total. The summed E-state index contributed by atoms with van der Waals surface area (Å²) in [6, 6.07) is 0. The van der Waals surface area contributed by atoms with Gasteiger partial charge in [-0.15, -0.1) is 0 Å². The lowest BCUT2D eigenvalue weighted by atomic mass is 10.3. The summed E-state index contributed by atoms with van der Waals surface area (Å²) in [5, 5.41) is 8.53. The lowest BCUT2D eigenvalue weighted by Crippen LogP contribution is -2.35. The van der Waals surface area contributed by atoms with Gasteiger partial charge in [0.15, 0.2) is 0 Å². The predicted octanol–water partition coefficient (Wildman–Crippen LogP) is 0.666. The first-order valence-corrected chi connectivity index (χ1v) is 6.29. The van der Waals surface area contributed by atoms with Crippen molar-refractivity contribution in [1.82, 2.24) is 9.97 Å². The van der Waals surface area contributed by atoms with Crippen molar-refractivity contribution < 1.29 is 14.7 Å². The number of amides is 1. The van der Waals surface area contributed by atoms with Crippen LogP contribution in [0.5, 0.6) is 0 Å². The largest absolute Gasteiger partial charge is 0.478 e. The van der Waals surface area contributed by atoms with Crippen LogP contribution in [0.2, 0.25) is 0 Å². The molecule has 0 aromatic carbocycles. The molecule has 0 aliphatic rings. The number of hydrogen-bond acceptors (Lipinski definition) is 5. The average molecular weight is 278 g/mol. The molecule has 20 heavy (non-hydrogen) atoms. The van der Waals surface area contributed by atoms with Crippen molar-refractivity contribution in [3.8, 4) is 0 Å². The number of rotatable bonds is 8. The van der Waals surface area contributed by atoms with Gasteiger partial charge in [0, 0.05) is 30.6 Å². The second-order valence-electron chi connectivity index (χ2n) is 4.23. The summed E-state index contributed by atoms with van der Waals surface area (Å²) in [7, 11) is 0. The molecule has 1 amide bonds. The number of anilines is 1. The maximum absolute atomic E-state index is 11.0. The van der Waals surface area contributed by atoms with Gasteiger partial charge in [-0.1, -0.05) is 13.3 Å². The zero-order valence-corrected chi connectivity index (χ0v) is 11.3. The van der Waals surface area contributed by atoms with E-state index in [9.17, 15) is 9.59 Å². The first-order chi connectivity index (χ1) is 9.52. The zero-order valence-electron chi connectivity index (χ0n) is 11.3. The maximum Gasteiger partial charge on any atom is 0.328 e. The Kier molecular flexibility index (Phi) is 6.15. The number of carbonyl (C=O) groups is 2. The van der Waals surface area contributed by atoms with E-state index < -0.39 is 11.9 Å². The fraction of sp³-hybridized carbons (Fsp3) is 0.385. The highest BCUT2D eigenvalue weighted by Crippen LogP contribution is 2.09. The number of hydrogen-bond donors (Lipinski definition) is 2. The monoisotopic (exact) mass is 278 g/mol. The highest BCUT2D eigenvalue weighted by atomic mass is 16.4. The predicted molar refractivity (Wildman–Crippen MR) is 75.0 cm³/mol. The Morgan fingerprint density at radius 1 is 1.40 bits per heavy atom. The van der Waals surface area contributed by atoms with Crippen LogP contribution in [0.4, 0.5) is 5.95 Å². The molecule has 1 aromatic rings. The van der Waals surface area contributed by atoms with E-state index >= 15 is 0 Å². The minimum Gasteiger partial charge on any atom is -0.478 e. The Labute approximate surface area is 117 Å². The van der Waals surface area contributed by atoms with Crippen molar-refractivity contribution in [2.24, 2.45) is 5.73 Å². The van der Waals surface area contributed by atoms with E-state index in [4.69, 9.17) is 10.8 Å². The number of carboxylic acid groups (broad SMARTS) is 1. The van der Waals surface area contributed by atoms with E-state index in [0.29, 0.717) is 18.1 Å². The second-order valence-corrected chi connectivity index (χ2v) is 4.23. The van der Waals surface area contributed by atoms with Gasteiger partial charge >= 0.3 is 5.97 Å². The van der Waals surface area contributed by atoms with Crippen molar-refractivity contribution >= 4 is 23.9 Å². The molecule has 0 saturated heterocycles. The Balaban J connectivity index is 2.80. The van der Waals surface area contributed by atoms with Crippen LogP contribution in [-0.2, 0) is 9.59 Å². The SMILES string of the molecule is CCCCN(CC(N)=O)c1ncc(/C=C/C(=O)O)cn1. The van der Waals surface area contributed by atoms with Crippen LogP contribution < -0.4 is 10.6 Å². The average Bonchev–Trinajstić information content (AvgIpc) is 2.41. The van der Waals surface area contributed by atoms with E-state index in [1.54, 1.807) is 4.90 Å². The molecule has 0 spiro atoms. The molecule has 108 valence electrons. The van der Waals surface area contributed by atoms with Gasteiger partial charge in [-0.25, -0.2) is 14.8 Å². The van der Waals surface area contributed by atoms with Gasteiger partial charge in [0.25, 0.3) is 0 Å². The van der Waals surface area contributed by atoms with Gasteiger partial charge in [-0.05, 0) is 12.5 Å². The van der Waals surface area contributed by atoms with Crippen molar-refractivity contribution in [3.63, 3.8) is 0 Å². The number of nitrogens with two attached hydrogens (primary N) is 1. The Hall–Kier alpha value is -2.44. The molecule has 1 rings (SSSR count). The minimum atomic E-state index is -1.03. The molecule has 0 unspecified atom stereocenters. The first-order valence-electron chi connectivity index (χ1n) is 6.29. The highest BCUT2D eigenvalue weighted by Gasteiger charge is 2.11. The molecular weight excluding hydrogens is 260 g/mol. The molecule has 0 saturated carbocycles. The smallest absolute Gasteiger partial charge is 0.328 e. The topological polar surface area (TPSA) is 109 Å². The van der Waals surface area contributed by atoms with Crippen molar-refractivity contribution in [2.75, 3.05) is 18.0 Å². The van der Waals surface area contributed by atoms with Gasteiger partial charge < -0.3 is 15.7 Å². The highest BCUT2D eigenvalue weighted by molar-refractivity contribution is 5.85. The van der Waals surface area contributed by atoms with E-state index in [1.807, 2.05) is 6.92 Å². The molecule has 0 radical (unpaired) electrons. The summed E-state index contributed by atoms with van der Waals surface area (Å²) in [6.45, 7) is 2.75. The molecule has 7 nitrogen and oxygen atoms in total. The number of aromatic nitrogens is 2. The Bertz CT molecular complexity index is 485. The normalized spacial score (nSPS) is 10.7. The van der Waals surface area contributed by atoms with Crippen LogP contribution in [0, 0.1) is 0 Å². The van der Waals surface area contributed by atoms with Crippen LogP contribution >= 0.6 is 0 Å². The van der Waals surface area contributed by atoms with Gasteiger partial charge in [0.1, 0.15) is 0 Å². The Morgan fingerprint density at radius 3 is 2.55 bits per heavy atom. The maximum atomic E-state index is 11.0. The number of carboxylic acids is 1. The summed E-state index contributed by atoms with van der Waals surface area (Å²) >= 11 is 0. The number of aliphatic carboxylic acids is 1. The molecule has 1 heterocycles. The summed E-state index contributed by atoms with van der Waals surface area (Å²) in [4.78, 5) is 31.4. The van der Waals surface area contributed by atoms with Crippen LogP contribution in [0.1, 0.15) is 25.3 Å². The van der Waals surface area contributed by atoms with E-state index in [2.05, 4.69) is 9.97 Å². The fourth-order valence-corrected chi connectivity index (χ4v) is 1.53. The first kappa shape index (κ1) is 15.6. The number of primary amides is 1. The zero-order chi connectivity index (χ0) is 15.0. The lowest BCUT2D eigenvalue weighted by Gasteiger charge is -2.20. The fourth-order valence-electron chi connectivity index (χ4n) is 1.53. The molecule has 7 heteroatoms. The quantitative estimate of drug-likeness (QED) is 0.676. The summed E-state index contributed by atoms with van der Waals surface area (Å²) in [6.07, 6.45) is 7.29. The van der Waals surface area contributed by atoms with Crippen LogP contribution in [0.15, 0.2) is 18.5 Å². The van der Waals surface area contributed by atoms with Gasteiger partial charge in [0.2, 0.25) is 11.9 Å². The summed E-state index contributed by atoms with van der Waals surface area (Å²) in [5.41, 5.74) is 5.78. The number of nitrogens with zero attached hydrogens (tertiary/aromatic N) is 3. The van der Waals surface area contributed by atoms with Gasteiger partial charge in [-0.3, -0.25) is 4.79 Å². The molecule has 0 atom stereocenters. The number of unbranched alkanes of at least 4 members (excludes halogenated alkanes) is 1. The third kappa shape index (κ3) is 5.47. The second kappa shape index (κ2) is 7.88. The van der Waals surface area contributed by atoms with Crippen LogP contribution in [0.25, 0.3) is 6.08 Å². The standard InChI is InChI=1S/C13H18N4O3/c1-2-3-6-17(9-11(14)18)13-15-7-10(8-16-13)4-5-12(19)20/h4-5,7-8H,2-3,6,9H2,1H3,(H2,14,18)(H,19,20)/b5-4+. The van der Waals surface area contributed by atoms with Crippen molar-refractivity contribution in [2.45, 2.75) is 19.8 Å². The molecule has 0 fully saturated rings. The molecular formula is C13H18N4O3. The molecule has 0 bridgehead atoms. The Morgan fingerprint density at radius 2 is 2.05 bits per heavy atom. The summed E-state index contributed by atoms with van der Waals surface area (Å²) in [5.74, 6) is -1.07. The summed E-state index contributed by atoms with van der Waals surface area (Å²) < 4.78 is 0. The van der Waals surface area contributed by atoms with E-state index in [-0.39, 0.29) is 6.54 Å². The third-order valence-electron chi connectivity index (χ3n) is 2.49. The van der Waals surface area contributed by atoms with Crippen molar-refractivity contribution in [1.29, 1.82) is 0 Å². The van der Waals surface area contributed by atoms with Crippen LogP contribution in [-0.4, -0.2) is 40.0 Å². The van der Waals surface area contributed by atoms with E-state index in [0.717, 1.165) is 18.9 Å². The molecule has 0 aliphatic carbocycles. The van der Waals surface area contributed by atoms with Crippen molar-refractivity contribution in [3.05, 3.63) is 24.0 Å². The minimum absolute atomic E-state index is 0.0598. The van der Waals surface area contributed by atoms with Gasteiger partial charge in [0.05, 0.1) is 6.54 Å². The molecule has 0 aliphatic heterocycles. The molecule has 1 aromatic heterocycles.